The van der Waals surface area contributed by atoms with E-state index in [4.69, 9.17) is 0 Å². The lowest BCUT2D eigenvalue weighted by Gasteiger charge is -2.08. The van der Waals surface area contributed by atoms with Crippen LogP contribution in [0.3, 0.4) is 0 Å². The van der Waals surface area contributed by atoms with Gasteiger partial charge < -0.3 is 5.32 Å². The van der Waals surface area contributed by atoms with Gasteiger partial charge in [-0.05, 0) is 42.3 Å². The lowest BCUT2D eigenvalue weighted by atomic mass is 10.0. The van der Waals surface area contributed by atoms with Gasteiger partial charge in [-0.1, -0.05) is 55.5 Å². The van der Waals surface area contributed by atoms with E-state index in [9.17, 15) is 9.59 Å². The van der Waals surface area contributed by atoms with Crippen molar-refractivity contribution in [3.05, 3.63) is 77.9 Å². The molecule has 3 aromatic carbocycles. The molecule has 0 fully saturated rings. The normalized spacial score (nSPS) is 11.3. The van der Waals surface area contributed by atoms with Crippen LogP contribution < -0.4 is 10.7 Å². The average Bonchev–Trinajstić information content (AvgIpc) is 2.71. The Labute approximate surface area is 164 Å². The molecule has 3 aromatic rings. The highest BCUT2D eigenvalue weighted by Crippen LogP contribution is 2.19. The van der Waals surface area contributed by atoms with Gasteiger partial charge in [0, 0.05) is 23.2 Å². The summed E-state index contributed by atoms with van der Waals surface area (Å²) in [6.45, 7) is 3.81. The van der Waals surface area contributed by atoms with E-state index in [0.29, 0.717) is 17.7 Å². The minimum Gasteiger partial charge on any atom is -0.326 e. The fourth-order valence-electron chi connectivity index (χ4n) is 2.99. The zero-order valence-corrected chi connectivity index (χ0v) is 16.0. The van der Waals surface area contributed by atoms with Crippen LogP contribution in [0.5, 0.6) is 0 Å². The first-order valence-corrected chi connectivity index (χ1v) is 9.31. The van der Waals surface area contributed by atoms with E-state index in [2.05, 4.69) is 15.8 Å². The van der Waals surface area contributed by atoms with Gasteiger partial charge in [-0.3, -0.25) is 9.59 Å². The Morgan fingerprint density at radius 3 is 2.54 bits per heavy atom. The maximum absolute atomic E-state index is 12.5. The summed E-state index contributed by atoms with van der Waals surface area (Å²) in [6.07, 6.45) is 1.22. The summed E-state index contributed by atoms with van der Waals surface area (Å²) in [7, 11) is 0. The van der Waals surface area contributed by atoms with Crippen LogP contribution in [0.1, 0.15) is 42.6 Å². The SMILES string of the molecule is CCCC(=O)Nc1cccc(C(=O)N/N=C(\C)c2cccc3ccccc23)c1. The van der Waals surface area contributed by atoms with E-state index < -0.39 is 0 Å². The molecule has 0 saturated heterocycles. The highest BCUT2D eigenvalue weighted by molar-refractivity contribution is 6.10. The van der Waals surface area contributed by atoms with Crippen LogP contribution in [0.2, 0.25) is 0 Å². The molecule has 5 nitrogen and oxygen atoms in total. The minimum atomic E-state index is -0.328. The van der Waals surface area contributed by atoms with Crippen molar-refractivity contribution in [2.75, 3.05) is 5.32 Å². The predicted molar refractivity (Wildman–Crippen MR) is 114 cm³/mol. The number of hydrogen-bond donors (Lipinski definition) is 2. The van der Waals surface area contributed by atoms with Crippen molar-refractivity contribution in [2.45, 2.75) is 26.7 Å². The predicted octanol–water partition coefficient (Wildman–Crippen LogP) is 4.73. The van der Waals surface area contributed by atoms with Gasteiger partial charge in [-0.15, -0.1) is 0 Å². The molecule has 0 radical (unpaired) electrons. The monoisotopic (exact) mass is 373 g/mol. The van der Waals surface area contributed by atoms with Gasteiger partial charge >= 0.3 is 0 Å². The third-order valence-electron chi connectivity index (χ3n) is 4.39. The zero-order chi connectivity index (χ0) is 19.9. The summed E-state index contributed by atoms with van der Waals surface area (Å²) < 4.78 is 0. The molecule has 0 unspecified atom stereocenters. The molecule has 0 aromatic heterocycles. The van der Waals surface area contributed by atoms with Gasteiger partial charge in [0.25, 0.3) is 5.91 Å². The highest BCUT2D eigenvalue weighted by atomic mass is 16.2. The van der Waals surface area contributed by atoms with Crippen LogP contribution in [0.4, 0.5) is 5.69 Å². The van der Waals surface area contributed by atoms with Crippen LogP contribution in [0, 0.1) is 0 Å². The second-order valence-electron chi connectivity index (χ2n) is 6.54. The van der Waals surface area contributed by atoms with Gasteiger partial charge in [-0.25, -0.2) is 5.43 Å². The van der Waals surface area contributed by atoms with E-state index in [0.717, 1.165) is 28.5 Å². The molecule has 0 atom stereocenters. The van der Waals surface area contributed by atoms with Gasteiger partial charge in [-0.2, -0.15) is 5.10 Å². The first-order valence-electron chi connectivity index (χ1n) is 9.31. The quantitative estimate of drug-likeness (QED) is 0.484. The number of carbonyl (C=O) groups excluding carboxylic acids is 2. The van der Waals surface area contributed by atoms with Crippen molar-refractivity contribution < 1.29 is 9.59 Å². The molecule has 28 heavy (non-hydrogen) atoms. The third kappa shape index (κ3) is 4.62. The van der Waals surface area contributed by atoms with Crippen molar-refractivity contribution in [3.8, 4) is 0 Å². The summed E-state index contributed by atoms with van der Waals surface area (Å²) in [4.78, 5) is 24.2. The molecule has 0 spiro atoms. The Hall–Kier alpha value is -3.47. The summed E-state index contributed by atoms with van der Waals surface area (Å²) in [6, 6.07) is 20.9. The van der Waals surface area contributed by atoms with Gasteiger partial charge in [0.15, 0.2) is 0 Å². The number of fused-ring (bicyclic) bond motifs is 1. The van der Waals surface area contributed by atoms with Crippen LogP contribution >= 0.6 is 0 Å². The van der Waals surface area contributed by atoms with E-state index in [-0.39, 0.29) is 11.8 Å². The molecule has 0 aliphatic carbocycles. The molecule has 0 aliphatic rings. The Balaban J connectivity index is 1.75. The number of hydrazone groups is 1. The highest BCUT2D eigenvalue weighted by Gasteiger charge is 2.08. The maximum Gasteiger partial charge on any atom is 0.271 e. The van der Waals surface area contributed by atoms with Crippen molar-refractivity contribution in [1.29, 1.82) is 0 Å². The molecular formula is C23H23N3O2. The summed E-state index contributed by atoms with van der Waals surface area (Å²) >= 11 is 0. The molecule has 0 heterocycles. The standard InChI is InChI=1S/C23H23N3O2/c1-3-8-22(27)24-19-12-6-11-18(15-19)23(28)26-25-16(2)20-14-7-10-17-9-4-5-13-21(17)20/h4-7,9-15H,3,8H2,1-2H3,(H,24,27)(H,26,28)/b25-16+. The van der Waals surface area contributed by atoms with Crippen molar-refractivity contribution in [3.63, 3.8) is 0 Å². The lowest BCUT2D eigenvalue weighted by molar-refractivity contribution is -0.116. The summed E-state index contributed by atoms with van der Waals surface area (Å²) in [5.41, 5.74) is 5.33. The first kappa shape index (κ1) is 19.3. The fraction of sp³-hybridized carbons (Fsp3) is 0.174. The van der Waals surface area contributed by atoms with Crippen LogP contribution in [0.25, 0.3) is 10.8 Å². The maximum atomic E-state index is 12.5. The van der Waals surface area contributed by atoms with E-state index >= 15 is 0 Å². The molecule has 2 amide bonds. The average molecular weight is 373 g/mol. The topological polar surface area (TPSA) is 70.6 Å². The number of benzene rings is 3. The number of rotatable bonds is 6. The van der Waals surface area contributed by atoms with Crippen LogP contribution in [-0.4, -0.2) is 17.5 Å². The molecule has 3 rings (SSSR count). The number of nitrogens with zero attached hydrogens (tertiary/aromatic N) is 1. The second-order valence-corrected chi connectivity index (χ2v) is 6.54. The lowest BCUT2D eigenvalue weighted by Crippen LogP contribution is -2.20. The zero-order valence-electron chi connectivity index (χ0n) is 16.0. The summed E-state index contributed by atoms with van der Waals surface area (Å²) in [5, 5.41) is 9.27. The van der Waals surface area contributed by atoms with E-state index in [1.165, 1.54) is 0 Å². The Kier molecular flexibility index (Phi) is 6.17. The fourth-order valence-corrected chi connectivity index (χ4v) is 2.99. The number of hydrogen-bond acceptors (Lipinski definition) is 3. The van der Waals surface area contributed by atoms with E-state index in [1.807, 2.05) is 56.3 Å². The van der Waals surface area contributed by atoms with Crippen LogP contribution in [0.15, 0.2) is 71.8 Å². The summed E-state index contributed by atoms with van der Waals surface area (Å²) in [5.74, 6) is -0.393. The molecule has 0 aliphatic heterocycles. The molecular weight excluding hydrogens is 350 g/mol. The van der Waals surface area contributed by atoms with E-state index in [1.54, 1.807) is 24.3 Å². The molecule has 2 N–H and O–H groups in total. The number of nitrogens with one attached hydrogen (secondary N) is 2. The van der Waals surface area contributed by atoms with Gasteiger partial charge in [0.05, 0.1) is 5.71 Å². The largest absolute Gasteiger partial charge is 0.326 e. The van der Waals surface area contributed by atoms with Crippen molar-refractivity contribution in [2.24, 2.45) is 5.10 Å². The Morgan fingerprint density at radius 1 is 0.964 bits per heavy atom. The van der Waals surface area contributed by atoms with Gasteiger partial charge in [0.1, 0.15) is 0 Å². The second kappa shape index (κ2) is 8.95. The third-order valence-corrected chi connectivity index (χ3v) is 4.39. The van der Waals surface area contributed by atoms with Crippen LogP contribution in [-0.2, 0) is 4.79 Å². The molecule has 0 saturated carbocycles. The molecule has 0 bridgehead atoms. The number of anilines is 1. The Bertz CT molecular complexity index is 1040. The number of carbonyl (C=O) groups is 2. The molecule has 5 heteroatoms. The van der Waals surface area contributed by atoms with Gasteiger partial charge in [0.2, 0.25) is 5.91 Å². The minimum absolute atomic E-state index is 0.0649. The Morgan fingerprint density at radius 2 is 1.71 bits per heavy atom. The van der Waals surface area contributed by atoms with Crippen molar-refractivity contribution >= 4 is 34.0 Å². The van der Waals surface area contributed by atoms with Crippen molar-refractivity contribution in [1.82, 2.24) is 5.43 Å². The number of amides is 2. The smallest absolute Gasteiger partial charge is 0.271 e. The first-order chi connectivity index (χ1) is 13.6. The molecule has 142 valence electrons.